The molecule has 4 aromatic carbocycles. The van der Waals surface area contributed by atoms with Crippen molar-refractivity contribution in [2.24, 2.45) is 0 Å². The summed E-state index contributed by atoms with van der Waals surface area (Å²) < 4.78 is 14.1. The Morgan fingerprint density at radius 2 is 1.51 bits per heavy atom. The monoisotopic (exact) mass is 543 g/mol. The van der Waals surface area contributed by atoms with Crippen molar-refractivity contribution in [3.63, 3.8) is 0 Å². The zero-order valence-electron chi connectivity index (χ0n) is 21.6. The summed E-state index contributed by atoms with van der Waals surface area (Å²) in [4.78, 5) is 24.7. The molecule has 0 radical (unpaired) electrons. The smallest absolute Gasteiger partial charge is 0.335 e. The summed E-state index contributed by atoms with van der Waals surface area (Å²) in [5, 5.41) is 15.5. The third-order valence-electron chi connectivity index (χ3n) is 5.84. The standard InChI is InChI=1S/C30H29N3O5S/c1-37-26-12-4-3-11-25(26)29(34)32-16-15-31-23-9-6-10-24(19-23)33-39-28-18-21(13-14-27(28)38-2)20-7-5-8-22(17-20)30(35)36/h3-14,17-19,31,33H,15-16H2,1-2H3,(H,32,34)(H,35,36). The van der Waals surface area contributed by atoms with Crippen LogP contribution in [0.4, 0.5) is 11.4 Å². The number of methoxy groups -OCH3 is 2. The number of amides is 1. The Balaban J connectivity index is 1.35. The molecule has 0 aliphatic heterocycles. The first kappa shape index (κ1) is 27.4. The minimum Gasteiger partial charge on any atom is -0.496 e. The van der Waals surface area contributed by atoms with Gasteiger partial charge in [-0.3, -0.25) is 4.79 Å². The molecule has 0 aromatic heterocycles. The van der Waals surface area contributed by atoms with Crippen LogP contribution in [0.5, 0.6) is 11.5 Å². The molecule has 0 spiro atoms. The van der Waals surface area contributed by atoms with Crippen molar-refractivity contribution in [3.05, 3.63) is 102 Å². The summed E-state index contributed by atoms with van der Waals surface area (Å²) in [7, 11) is 3.15. The minimum absolute atomic E-state index is 0.188. The van der Waals surface area contributed by atoms with Gasteiger partial charge in [-0.15, -0.1) is 0 Å². The lowest BCUT2D eigenvalue weighted by molar-refractivity contribution is 0.0696. The number of aromatic carboxylic acids is 1. The van der Waals surface area contributed by atoms with Crippen molar-refractivity contribution in [1.82, 2.24) is 5.32 Å². The van der Waals surface area contributed by atoms with E-state index >= 15 is 0 Å². The number of anilines is 2. The molecule has 0 fully saturated rings. The van der Waals surface area contributed by atoms with E-state index in [9.17, 15) is 14.7 Å². The number of carboxylic acid groups (broad SMARTS) is 1. The molecule has 0 bridgehead atoms. The molecule has 0 heterocycles. The van der Waals surface area contributed by atoms with Crippen molar-refractivity contribution >= 4 is 35.2 Å². The number of hydrogen-bond acceptors (Lipinski definition) is 7. The quantitative estimate of drug-likeness (QED) is 0.127. The van der Waals surface area contributed by atoms with Gasteiger partial charge in [0.05, 0.1) is 30.2 Å². The lowest BCUT2D eigenvalue weighted by Crippen LogP contribution is -2.29. The molecular formula is C30H29N3O5S. The van der Waals surface area contributed by atoms with E-state index in [0.717, 1.165) is 27.4 Å². The molecule has 39 heavy (non-hydrogen) atoms. The molecule has 8 nitrogen and oxygen atoms in total. The molecule has 9 heteroatoms. The molecule has 0 aliphatic rings. The number of rotatable bonds is 12. The Labute approximate surface area is 231 Å². The van der Waals surface area contributed by atoms with Gasteiger partial charge in [-0.1, -0.05) is 36.4 Å². The van der Waals surface area contributed by atoms with Crippen LogP contribution in [0, 0.1) is 0 Å². The van der Waals surface area contributed by atoms with Gasteiger partial charge in [0.25, 0.3) is 5.91 Å². The second kappa shape index (κ2) is 13.3. The number of ether oxygens (including phenoxy) is 2. The molecule has 0 atom stereocenters. The van der Waals surface area contributed by atoms with E-state index < -0.39 is 5.97 Å². The first-order valence-electron chi connectivity index (χ1n) is 12.2. The van der Waals surface area contributed by atoms with Gasteiger partial charge in [-0.2, -0.15) is 0 Å². The van der Waals surface area contributed by atoms with Gasteiger partial charge >= 0.3 is 5.97 Å². The minimum atomic E-state index is -0.964. The third-order valence-corrected chi connectivity index (χ3v) is 6.72. The molecule has 1 amide bonds. The number of hydrogen-bond donors (Lipinski definition) is 4. The van der Waals surface area contributed by atoms with Crippen molar-refractivity contribution in [3.8, 4) is 22.6 Å². The predicted molar refractivity (Wildman–Crippen MR) is 155 cm³/mol. The number of benzene rings is 4. The first-order chi connectivity index (χ1) is 19.0. The molecular weight excluding hydrogens is 514 g/mol. The fourth-order valence-corrected chi connectivity index (χ4v) is 4.68. The maximum atomic E-state index is 12.5. The lowest BCUT2D eigenvalue weighted by atomic mass is 10.0. The largest absolute Gasteiger partial charge is 0.496 e. The van der Waals surface area contributed by atoms with Crippen LogP contribution in [0.25, 0.3) is 11.1 Å². The topological polar surface area (TPSA) is 109 Å². The maximum Gasteiger partial charge on any atom is 0.335 e. The predicted octanol–water partition coefficient (Wildman–Crippen LogP) is 6.03. The molecule has 4 aromatic rings. The van der Waals surface area contributed by atoms with Crippen LogP contribution in [0.15, 0.2) is 95.9 Å². The molecule has 4 rings (SSSR count). The van der Waals surface area contributed by atoms with E-state index in [-0.39, 0.29) is 11.5 Å². The summed E-state index contributed by atoms with van der Waals surface area (Å²) in [6.07, 6.45) is 0. The van der Waals surface area contributed by atoms with Crippen molar-refractivity contribution in [2.45, 2.75) is 4.90 Å². The highest BCUT2D eigenvalue weighted by Crippen LogP contribution is 2.35. The Bertz CT molecular complexity index is 1460. The summed E-state index contributed by atoms with van der Waals surface area (Å²) >= 11 is 1.40. The van der Waals surface area contributed by atoms with Crippen molar-refractivity contribution < 1.29 is 24.2 Å². The number of carboxylic acids is 1. The average molecular weight is 544 g/mol. The summed E-state index contributed by atoms with van der Waals surface area (Å²) in [6.45, 7) is 0.985. The van der Waals surface area contributed by atoms with Crippen LogP contribution in [-0.4, -0.2) is 44.3 Å². The van der Waals surface area contributed by atoms with Gasteiger partial charge in [0.1, 0.15) is 11.5 Å². The van der Waals surface area contributed by atoms with E-state index in [0.29, 0.717) is 30.2 Å². The summed E-state index contributed by atoms with van der Waals surface area (Å²) in [5.41, 5.74) is 4.20. The third kappa shape index (κ3) is 7.24. The Hall–Kier alpha value is -4.63. The number of carbonyl (C=O) groups is 2. The van der Waals surface area contributed by atoms with E-state index in [1.165, 1.54) is 11.9 Å². The van der Waals surface area contributed by atoms with Crippen LogP contribution in [-0.2, 0) is 0 Å². The van der Waals surface area contributed by atoms with Gasteiger partial charge in [0.2, 0.25) is 0 Å². The van der Waals surface area contributed by atoms with Gasteiger partial charge < -0.3 is 29.9 Å². The van der Waals surface area contributed by atoms with Gasteiger partial charge in [-0.05, 0) is 77.7 Å². The van der Waals surface area contributed by atoms with E-state index in [4.69, 9.17) is 9.47 Å². The molecule has 4 N–H and O–H groups in total. The van der Waals surface area contributed by atoms with E-state index in [1.807, 2.05) is 54.6 Å². The van der Waals surface area contributed by atoms with Gasteiger partial charge in [0, 0.05) is 24.5 Å². The van der Waals surface area contributed by atoms with Crippen LogP contribution in [0.2, 0.25) is 0 Å². The molecule has 200 valence electrons. The average Bonchev–Trinajstić information content (AvgIpc) is 2.98. The highest BCUT2D eigenvalue weighted by Gasteiger charge is 2.11. The highest BCUT2D eigenvalue weighted by molar-refractivity contribution is 8.00. The van der Waals surface area contributed by atoms with E-state index in [2.05, 4.69) is 15.4 Å². The zero-order chi connectivity index (χ0) is 27.6. The zero-order valence-corrected chi connectivity index (χ0v) is 22.4. The van der Waals surface area contributed by atoms with Gasteiger partial charge in [-0.25, -0.2) is 4.79 Å². The van der Waals surface area contributed by atoms with Crippen molar-refractivity contribution in [1.29, 1.82) is 0 Å². The number of para-hydroxylation sites is 1. The second-order valence-corrected chi connectivity index (χ2v) is 9.27. The fraction of sp³-hybridized carbons (Fsp3) is 0.133. The lowest BCUT2D eigenvalue weighted by Gasteiger charge is -2.13. The number of carbonyl (C=O) groups excluding carboxylic acids is 1. The maximum absolute atomic E-state index is 12.5. The first-order valence-corrected chi connectivity index (χ1v) is 13.0. The Morgan fingerprint density at radius 1 is 0.769 bits per heavy atom. The summed E-state index contributed by atoms with van der Waals surface area (Å²) in [6, 6.07) is 27.5. The summed E-state index contributed by atoms with van der Waals surface area (Å²) in [5.74, 6) is 0.0849. The Kier molecular flexibility index (Phi) is 9.31. The number of nitrogens with one attached hydrogen (secondary N) is 3. The van der Waals surface area contributed by atoms with Crippen molar-refractivity contribution in [2.75, 3.05) is 37.3 Å². The highest BCUT2D eigenvalue weighted by atomic mass is 32.2. The van der Waals surface area contributed by atoms with Crippen LogP contribution in [0.3, 0.4) is 0 Å². The van der Waals surface area contributed by atoms with Crippen LogP contribution in [0.1, 0.15) is 20.7 Å². The van der Waals surface area contributed by atoms with Gasteiger partial charge in [0.15, 0.2) is 0 Å². The van der Waals surface area contributed by atoms with Crippen LogP contribution >= 0.6 is 11.9 Å². The molecule has 0 saturated carbocycles. The molecule has 0 aliphatic carbocycles. The molecule has 0 saturated heterocycles. The SMILES string of the molecule is COc1ccc(-c2cccc(C(=O)O)c2)cc1SNc1cccc(NCCNC(=O)c2ccccc2OC)c1. The van der Waals surface area contributed by atoms with E-state index in [1.54, 1.807) is 50.6 Å². The fourth-order valence-electron chi connectivity index (χ4n) is 3.88. The van der Waals surface area contributed by atoms with Crippen LogP contribution < -0.4 is 24.8 Å². The Morgan fingerprint density at radius 3 is 2.31 bits per heavy atom. The molecule has 0 unspecified atom stereocenters. The second-order valence-electron chi connectivity index (χ2n) is 8.42. The normalized spacial score (nSPS) is 10.4.